The van der Waals surface area contributed by atoms with Crippen molar-refractivity contribution < 1.29 is 17.6 Å². The molecule has 6 heteroatoms. The van der Waals surface area contributed by atoms with Crippen LogP contribution >= 0.6 is 11.6 Å². The fourth-order valence-electron chi connectivity index (χ4n) is 1.43. The zero-order valence-corrected chi connectivity index (χ0v) is 8.40. The van der Waals surface area contributed by atoms with Gasteiger partial charge in [0.2, 0.25) is 0 Å². The van der Waals surface area contributed by atoms with E-state index in [-0.39, 0.29) is 10.5 Å². The highest BCUT2D eigenvalue weighted by molar-refractivity contribution is 6.35. The van der Waals surface area contributed by atoms with Crippen molar-refractivity contribution >= 4 is 22.5 Å². The molecule has 1 aromatic heterocycles. The summed E-state index contributed by atoms with van der Waals surface area (Å²) in [5, 5.41) is -0.575. The van der Waals surface area contributed by atoms with Crippen LogP contribution in [0.3, 0.4) is 0 Å². The number of hydrogen-bond acceptors (Lipinski definition) is 1. The molecule has 0 atom stereocenters. The lowest BCUT2D eigenvalue weighted by molar-refractivity contribution is -0.136. The highest BCUT2D eigenvalue weighted by Crippen LogP contribution is 2.37. The average Bonchev–Trinajstić information content (AvgIpc) is 2.18. The smallest absolute Gasteiger partial charge is 0.253 e. The molecule has 0 aliphatic heterocycles. The van der Waals surface area contributed by atoms with E-state index < -0.39 is 22.9 Å². The zero-order valence-electron chi connectivity index (χ0n) is 7.65. The highest BCUT2D eigenvalue weighted by atomic mass is 35.5. The number of pyridine rings is 1. The Labute approximate surface area is 92.7 Å². The Bertz CT molecular complexity index is 550. The molecule has 0 unspecified atom stereocenters. The minimum Gasteiger partial charge on any atom is -0.253 e. The summed E-state index contributed by atoms with van der Waals surface area (Å²) in [7, 11) is 0. The summed E-state index contributed by atoms with van der Waals surface area (Å²) in [6.07, 6.45) is -3.42. The largest absolute Gasteiger partial charge is 0.417 e. The molecular formula is C10H4ClF4N. The van der Waals surface area contributed by atoms with Crippen LogP contribution in [0.2, 0.25) is 5.02 Å². The first-order valence-corrected chi connectivity index (χ1v) is 4.59. The van der Waals surface area contributed by atoms with Crippen LogP contribution in [0.5, 0.6) is 0 Å². The number of rotatable bonds is 0. The van der Waals surface area contributed by atoms with E-state index in [1.165, 1.54) is 6.07 Å². The third-order valence-electron chi connectivity index (χ3n) is 2.10. The topological polar surface area (TPSA) is 12.9 Å². The molecule has 0 amide bonds. The zero-order chi connectivity index (χ0) is 11.9. The molecule has 0 radical (unpaired) electrons. The molecule has 84 valence electrons. The Kier molecular flexibility index (Phi) is 2.50. The predicted octanol–water partition coefficient (Wildman–Crippen LogP) is 4.05. The Morgan fingerprint density at radius 3 is 2.44 bits per heavy atom. The van der Waals surface area contributed by atoms with Crippen LogP contribution < -0.4 is 0 Å². The summed E-state index contributed by atoms with van der Waals surface area (Å²) in [5.74, 6) is -0.828. The molecule has 0 spiro atoms. The van der Waals surface area contributed by atoms with Crippen molar-refractivity contribution in [2.45, 2.75) is 6.18 Å². The molecule has 0 N–H and O–H groups in total. The molecule has 16 heavy (non-hydrogen) atoms. The molecular weight excluding hydrogens is 246 g/mol. The number of nitrogens with zero attached hydrogens (tertiary/aromatic N) is 1. The first-order chi connectivity index (χ1) is 7.41. The molecule has 0 fully saturated rings. The van der Waals surface area contributed by atoms with Crippen LogP contribution in [0.15, 0.2) is 24.4 Å². The first-order valence-electron chi connectivity index (χ1n) is 4.21. The number of hydrogen-bond donors (Lipinski definition) is 0. The van der Waals surface area contributed by atoms with Gasteiger partial charge in [-0.05, 0) is 18.2 Å². The summed E-state index contributed by atoms with van der Waals surface area (Å²) in [6, 6.07) is 2.58. The lowest BCUT2D eigenvalue weighted by Gasteiger charge is -2.11. The van der Waals surface area contributed by atoms with Gasteiger partial charge in [0, 0.05) is 11.6 Å². The van der Waals surface area contributed by atoms with E-state index in [0.717, 1.165) is 12.3 Å². The molecule has 0 aliphatic rings. The van der Waals surface area contributed by atoms with E-state index in [0.29, 0.717) is 6.07 Å². The molecule has 2 aromatic rings. The van der Waals surface area contributed by atoms with Gasteiger partial charge in [0.1, 0.15) is 11.3 Å². The maximum atomic E-state index is 13.2. The second kappa shape index (κ2) is 3.59. The summed E-state index contributed by atoms with van der Waals surface area (Å²) in [6.45, 7) is 0. The SMILES string of the molecule is Fc1ccc(C(F)(F)F)c2c(Cl)ccnc12. The monoisotopic (exact) mass is 249 g/mol. The van der Waals surface area contributed by atoms with Crippen LogP contribution in [0.25, 0.3) is 10.9 Å². The van der Waals surface area contributed by atoms with Crippen LogP contribution in [0.1, 0.15) is 5.56 Å². The second-order valence-electron chi connectivity index (χ2n) is 3.11. The van der Waals surface area contributed by atoms with Gasteiger partial charge in [0.15, 0.2) is 0 Å². The minimum absolute atomic E-state index is 0.170. The van der Waals surface area contributed by atoms with E-state index in [1.807, 2.05) is 0 Å². The number of halogens is 5. The van der Waals surface area contributed by atoms with Gasteiger partial charge in [-0.15, -0.1) is 0 Å². The fraction of sp³-hybridized carbons (Fsp3) is 0.100. The van der Waals surface area contributed by atoms with Gasteiger partial charge in [0.05, 0.1) is 10.6 Å². The van der Waals surface area contributed by atoms with E-state index in [1.54, 1.807) is 0 Å². The lowest BCUT2D eigenvalue weighted by Crippen LogP contribution is -2.07. The minimum atomic E-state index is -4.58. The van der Waals surface area contributed by atoms with Crippen molar-refractivity contribution in [3.05, 3.63) is 40.8 Å². The molecule has 1 aromatic carbocycles. The summed E-state index contributed by atoms with van der Waals surface area (Å²) in [4.78, 5) is 3.56. The Morgan fingerprint density at radius 2 is 1.81 bits per heavy atom. The molecule has 0 saturated heterocycles. The van der Waals surface area contributed by atoms with E-state index in [4.69, 9.17) is 11.6 Å². The fourth-order valence-corrected chi connectivity index (χ4v) is 1.68. The summed E-state index contributed by atoms with van der Waals surface area (Å²) < 4.78 is 51.1. The van der Waals surface area contributed by atoms with Gasteiger partial charge in [0.25, 0.3) is 0 Å². The van der Waals surface area contributed by atoms with Crippen LogP contribution in [0.4, 0.5) is 17.6 Å². The van der Waals surface area contributed by atoms with Gasteiger partial charge in [-0.3, -0.25) is 4.98 Å². The quantitative estimate of drug-likeness (QED) is 0.642. The highest BCUT2D eigenvalue weighted by Gasteiger charge is 2.34. The average molecular weight is 250 g/mol. The number of aromatic nitrogens is 1. The second-order valence-corrected chi connectivity index (χ2v) is 3.52. The Hall–Kier alpha value is -1.36. The third-order valence-corrected chi connectivity index (χ3v) is 2.41. The van der Waals surface area contributed by atoms with Gasteiger partial charge in [-0.25, -0.2) is 4.39 Å². The van der Waals surface area contributed by atoms with Crippen molar-refractivity contribution in [1.29, 1.82) is 0 Å². The maximum Gasteiger partial charge on any atom is 0.417 e. The molecule has 1 nitrogen and oxygen atoms in total. The van der Waals surface area contributed by atoms with Gasteiger partial charge >= 0.3 is 6.18 Å². The molecule has 0 bridgehead atoms. The molecule has 1 heterocycles. The van der Waals surface area contributed by atoms with Gasteiger partial charge < -0.3 is 0 Å². The third kappa shape index (κ3) is 1.71. The Balaban J connectivity index is 2.92. The lowest BCUT2D eigenvalue weighted by atomic mass is 10.1. The van der Waals surface area contributed by atoms with Crippen LogP contribution in [0, 0.1) is 5.82 Å². The number of benzene rings is 1. The van der Waals surface area contributed by atoms with Crippen LogP contribution in [-0.2, 0) is 6.18 Å². The van der Waals surface area contributed by atoms with Crippen molar-refractivity contribution in [3.63, 3.8) is 0 Å². The molecule has 2 rings (SSSR count). The summed E-state index contributed by atoms with van der Waals surface area (Å²) >= 11 is 5.63. The number of alkyl halides is 3. The van der Waals surface area contributed by atoms with Crippen molar-refractivity contribution in [2.24, 2.45) is 0 Å². The van der Waals surface area contributed by atoms with E-state index in [2.05, 4.69) is 4.98 Å². The van der Waals surface area contributed by atoms with E-state index in [9.17, 15) is 17.6 Å². The molecule has 0 saturated carbocycles. The number of fused-ring (bicyclic) bond motifs is 1. The van der Waals surface area contributed by atoms with Crippen LogP contribution in [-0.4, -0.2) is 4.98 Å². The maximum absolute atomic E-state index is 13.2. The van der Waals surface area contributed by atoms with Gasteiger partial charge in [-0.2, -0.15) is 13.2 Å². The summed E-state index contributed by atoms with van der Waals surface area (Å²) in [5.41, 5.74) is -1.36. The van der Waals surface area contributed by atoms with Gasteiger partial charge in [-0.1, -0.05) is 11.6 Å². The van der Waals surface area contributed by atoms with Crippen molar-refractivity contribution in [1.82, 2.24) is 4.98 Å². The standard InChI is InChI=1S/C10H4ClF4N/c11-6-3-4-16-9-7(12)2-1-5(8(6)9)10(13,14)15/h1-4H. The van der Waals surface area contributed by atoms with Crippen molar-refractivity contribution in [3.8, 4) is 0 Å². The molecule has 0 aliphatic carbocycles. The normalized spacial score (nSPS) is 12.1. The van der Waals surface area contributed by atoms with E-state index >= 15 is 0 Å². The Morgan fingerprint density at radius 1 is 1.12 bits per heavy atom. The predicted molar refractivity (Wildman–Crippen MR) is 51.7 cm³/mol. The first kappa shape index (κ1) is 11.1. The van der Waals surface area contributed by atoms with Crippen molar-refractivity contribution in [2.75, 3.05) is 0 Å².